The van der Waals surface area contributed by atoms with E-state index < -0.39 is 18.0 Å². The van der Waals surface area contributed by atoms with Gasteiger partial charge in [-0.2, -0.15) is 0 Å². The van der Waals surface area contributed by atoms with Gasteiger partial charge in [-0.05, 0) is 35.9 Å². The minimum absolute atomic E-state index is 0. The van der Waals surface area contributed by atoms with Crippen LogP contribution in [0.15, 0.2) is 94.7 Å². The number of carbonyl (C=O) groups is 2. The smallest absolute Gasteiger partial charge is 0.331 e. The van der Waals surface area contributed by atoms with E-state index in [9.17, 15) is 9.59 Å². The molecule has 176 valence electrons. The van der Waals surface area contributed by atoms with E-state index >= 15 is 0 Å². The molecule has 0 spiro atoms. The number of ether oxygens (including phenoxy) is 1. The van der Waals surface area contributed by atoms with E-state index in [4.69, 9.17) is 21.4 Å². The number of esters is 1. The van der Waals surface area contributed by atoms with Crippen LogP contribution in [0, 0.1) is 0 Å². The van der Waals surface area contributed by atoms with Crippen molar-refractivity contribution >= 4 is 46.7 Å². The Morgan fingerprint density at radius 3 is 2.44 bits per heavy atom. The van der Waals surface area contributed by atoms with Gasteiger partial charge >= 0.3 is 11.9 Å². The lowest BCUT2D eigenvalue weighted by molar-refractivity contribution is -0.143. The molecule has 0 saturated heterocycles. The molecule has 4 N–H and O–H groups in total. The molecule has 3 aromatic carbocycles. The van der Waals surface area contributed by atoms with Crippen LogP contribution in [0.3, 0.4) is 0 Å². The maximum atomic E-state index is 12.2. The Kier molecular flexibility index (Phi) is 8.76. The van der Waals surface area contributed by atoms with E-state index in [0.29, 0.717) is 24.4 Å². The number of carboxylic acids is 1. The Morgan fingerprint density at radius 1 is 0.971 bits per heavy atom. The molecule has 0 amide bonds. The molecule has 1 atom stereocenters. The predicted molar refractivity (Wildman–Crippen MR) is 135 cm³/mol. The van der Waals surface area contributed by atoms with Crippen LogP contribution in [0.25, 0.3) is 0 Å². The molecule has 0 saturated carbocycles. The number of hydrogen-bond donors (Lipinski definition) is 2. The highest BCUT2D eigenvalue weighted by Gasteiger charge is 2.25. The van der Waals surface area contributed by atoms with Crippen LogP contribution in [0.2, 0.25) is 5.02 Å². The average molecular weight is 497 g/mol. The zero-order valence-corrected chi connectivity index (χ0v) is 20.0. The molecule has 1 heterocycles. The van der Waals surface area contributed by atoms with Crippen molar-refractivity contribution in [3.8, 4) is 0 Å². The topological polar surface area (TPSA) is 102 Å². The van der Waals surface area contributed by atoms with E-state index in [1.54, 1.807) is 11.8 Å². The van der Waals surface area contributed by atoms with Crippen LogP contribution in [0.5, 0.6) is 0 Å². The summed E-state index contributed by atoms with van der Waals surface area (Å²) in [4.78, 5) is 27.5. The summed E-state index contributed by atoms with van der Waals surface area (Å²) in [6.45, 7) is 0.596. The number of hydrogen-bond acceptors (Lipinski definition) is 6. The molecule has 8 heteroatoms. The van der Waals surface area contributed by atoms with Gasteiger partial charge in [0.1, 0.15) is 6.10 Å². The summed E-state index contributed by atoms with van der Waals surface area (Å²) in [5.74, 6) is -1.86. The molecule has 1 aliphatic rings. The lowest BCUT2D eigenvalue weighted by Gasteiger charge is -2.34. The largest absolute Gasteiger partial charge is 0.478 e. The van der Waals surface area contributed by atoms with Crippen molar-refractivity contribution in [3.05, 3.63) is 95.5 Å². The van der Waals surface area contributed by atoms with Gasteiger partial charge < -0.3 is 20.9 Å². The Hall–Kier alpha value is -3.26. The number of carbonyl (C=O) groups excluding carboxylic acids is 1. The minimum Gasteiger partial charge on any atom is -0.478 e. The molecular weight excluding hydrogens is 472 g/mol. The van der Waals surface area contributed by atoms with Crippen molar-refractivity contribution in [1.29, 1.82) is 0 Å². The maximum Gasteiger partial charge on any atom is 0.331 e. The summed E-state index contributed by atoms with van der Waals surface area (Å²) < 4.78 is 5.65. The fraction of sp³-hybridized carbons (Fsp3) is 0.154. The normalized spacial score (nSPS) is 12.9. The van der Waals surface area contributed by atoms with E-state index in [2.05, 4.69) is 17.0 Å². The SMILES string of the molecule is N.O=C(O)/C=C/C(=O)OC(CCN1c2ccccc2Sc2ccc(Cl)cc21)Cc1ccccc1. The number of halogens is 1. The second-order valence-electron chi connectivity index (χ2n) is 7.54. The predicted octanol–water partition coefficient (Wildman–Crippen LogP) is 6.29. The number of carboxylic acid groups (broad SMARTS) is 1. The molecule has 0 bridgehead atoms. The van der Waals surface area contributed by atoms with Crippen LogP contribution in [-0.2, 0) is 20.7 Å². The Balaban J connectivity index is 0.00000324. The van der Waals surface area contributed by atoms with Crippen LogP contribution in [0.1, 0.15) is 12.0 Å². The standard InChI is InChI=1S/C26H22ClNO4S.H3N/c27-19-10-11-24-22(17-19)28(21-8-4-5-9-23(21)33-24)15-14-20(16-18-6-2-1-3-7-18)32-26(31)13-12-25(29)30;/h1-13,17,20H,14-16H2,(H,29,30);1H3/b13-12+;. The van der Waals surface area contributed by atoms with Gasteiger partial charge in [-0.25, -0.2) is 9.59 Å². The summed E-state index contributed by atoms with van der Waals surface area (Å²) in [5, 5.41) is 9.46. The highest BCUT2D eigenvalue weighted by atomic mass is 35.5. The lowest BCUT2D eigenvalue weighted by Crippen LogP contribution is -2.28. The van der Waals surface area contributed by atoms with E-state index in [1.165, 1.54) is 0 Å². The van der Waals surface area contributed by atoms with Gasteiger partial charge in [0, 0.05) is 46.4 Å². The number of anilines is 2. The third-order valence-electron chi connectivity index (χ3n) is 5.21. The Morgan fingerprint density at radius 2 is 1.68 bits per heavy atom. The molecule has 0 fully saturated rings. The summed E-state index contributed by atoms with van der Waals surface area (Å²) in [6, 6.07) is 23.8. The number of nitrogens with zero attached hydrogens (tertiary/aromatic N) is 1. The first-order valence-corrected chi connectivity index (χ1v) is 11.7. The number of benzene rings is 3. The first-order valence-electron chi connectivity index (χ1n) is 10.5. The molecule has 1 unspecified atom stereocenters. The van der Waals surface area contributed by atoms with E-state index in [0.717, 1.165) is 38.9 Å². The van der Waals surface area contributed by atoms with Crippen molar-refractivity contribution in [2.24, 2.45) is 0 Å². The quantitative estimate of drug-likeness (QED) is 0.279. The molecule has 6 nitrogen and oxygen atoms in total. The number of rotatable bonds is 8. The van der Waals surface area contributed by atoms with Gasteiger partial charge in [-0.3, -0.25) is 0 Å². The monoisotopic (exact) mass is 496 g/mol. The van der Waals surface area contributed by atoms with Crippen molar-refractivity contribution in [1.82, 2.24) is 6.15 Å². The first-order chi connectivity index (χ1) is 16.0. The van der Waals surface area contributed by atoms with Crippen LogP contribution in [0.4, 0.5) is 11.4 Å². The minimum atomic E-state index is -1.19. The lowest BCUT2D eigenvalue weighted by atomic mass is 10.0. The van der Waals surface area contributed by atoms with Crippen molar-refractivity contribution in [3.63, 3.8) is 0 Å². The van der Waals surface area contributed by atoms with E-state index in [-0.39, 0.29) is 6.15 Å². The molecule has 0 aromatic heterocycles. The fourth-order valence-electron chi connectivity index (χ4n) is 3.74. The molecule has 4 rings (SSSR count). The zero-order chi connectivity index (χ0) is 23.2. The van der Waals surface area contributed by atoms with Gasteiger partial charge in [0.25, 0.3) is 0 Å². The highest BCUT2D eigenvalue weighted by molar-refractivity contribution is 7.99. The van der Waals surface area contributed by atoms with Crippen LogP contribution in [-0.4, -0.2) is 29.7 Å². The molecule has 34 heavy (non-hydrogen) atoms. The first kappa shape index (κ1) is 25.4. The van der Waals surface area contributed by atoms with Gasteiger partial charge in [-0.1, -0.05) is 65.8 Å². The summed E-state index contributed by atoms with van der Waals surface area (Å²) >= 11 is 8.01. The molecule has 0 aliphatic carbocycles. The van der Waals surface area contributed by atoms with Gasteiger partial charge in [-0.15, -0.1) is 0 Å². The Labute approximate surface area is 207 Å². The summed E-state index contributed by atoms with van der Waals surface area (Å²) in [6.07, 6.45) is 2.38. The second kappa shape index (κ2) is 11.7. The number of para-hydroxylation sites is 1. The third kappa shape index (κ3) is 6.41. The fourth-order valence-corrected chi connectivity index (χ4v) is 4.98. The van der Waals surface area contributed by atoms with Crippen LogP contribution < -0.4 is 11.1 Å². The average Bonchev–Trinajstić information content (AvgIpc) is 2.81. The summed E-state index contributed by atoms with van der Waals surface area (Å²) in [7, 11) is 0. The number of aliphatic carboxylic acids is 1. The van der Waals surface area contributed by atoms with Gasteiger partial charge in [0.2, 0.25) is 0 Å². The van der Waals surface area contributed by atoms with Gasteiger partial charge in [0.05, 0.1) is 11.4 Å². The van der Waals surface area contributed by atoms with Crippen LogP contribution >= 0.6 is 23.4 Å². The molecule has 1 aliphatic heterocycles. The maximum absolute atomic E-state index is 12.2. The van der Waals surface area contributed by atoms with E-state index in [1.807, 2.05) is 60.7 Å². The third-order valence-corrected chi connectivity index (χ3v) is 6.58. The Bertz CT molecular complexity index is 1190. The van der Waals surface area contributed by atoms with Crippen molar-refractivity contribution in [2.45, 2.75) is 28.7 Å². The zero-order valence-electron chi connectivity index (χ0n) is 18.4. The van der Waals surface area contributed by atoms with Gasteiger partial charge in [0.15, 0.2) is 0 Å². The number of fused-ring (bicyclic) bond motifs is 2. The molecular formula is C26H25ClN2O4S. The molecule has 0 radical (unpaired) electrons. The molecule has 3 aromatic rings. The highest BCUT2D eigenvalue weighted by Crippen LogP contribution is 2.48. The van der Waals surface area contributed by atoms with Crippen molar-refractivity contribution < 1.29 is 19.4 Å². The second-order valence-corrected chi connectivity index (χ2v) is 9.06. The van der Waals surface area contributed by atoms with Crippen molar-refractivity contribution in [2.75, 3.05) is 11.4 Å². The summed E-state index contributed by atoms with van der Waals surface area (Å²) in [5.41, 5.74) is 3.13.